The van der Waals surface area contributed by atoms with Crippen LogP contribution < -0.4 is 10.2 Å². The van der Waals surface area contributed by atoms with Crippen molar-refractivity contribution in [1.82, 2.24) is 5.16 Å². The van der Waals surface area contributed by atoms with Crippen LogP contribution in [-0.4, -0.2) is 23.5 Å². The predicted molar refractivity (Wildman–Crippen MR) is 82.0 cm³/mol. The Hall–Kier alpha value is -2.63. The minimum Gasteiger partial charge on any atom is -0.361 e. The van der Waals surface area contributed by atoms with Crippen LogP contribution >= 0.6 is 0 Å². The van der Waals surface area contributed by atoms with Crippen molar-refractivity contribution in [1.29, 1.82) is 0 Å². The van der Waals surface area contributed by atoms with Gasteiger partial charge in [-0.3, -0.25) is 9.59 Å². The SMILES string of the molecule is Cc1cc(NC(=O)c2cnoc2C)ccc1N1CCCC1=O. The molecule has 6 heteroatoms. The molecule has 22 heavy (non-hydrogen) atoms. The van der Waals surface area contributed by atoms with Crippen molar-refractivity contribution in [2.24, 2.45) is 0 Å². The summed E-state index contributed by atoms with van der Waals surface area (Å²) in [7, 11) is 0. The summed E-state index contributed by atoms with van der Waals surface area (Å²) < 4.78 is 4.89. The molecule has 0 radical (unpaired) electrons. The first-order valence-electron chi connectivity index (χ1n) is 7.20. The number of carbonyl (C=O) groups excluding carboxylic acids is 2. The van der Waals surface area contributed by atoms with Gasteiger partial charge in [0.1, 0.15) is 11.3 Å². The maximum atomic E-state index is 12.1. The summed E-state index contributed by atoms with van der Waals surface area (Å²) in [4.78, 5) is 25.7. The van der Waals surface area contributed by atoms with E-state index in [-0.39, 0.29) is 11.8 Å². The topological polar surface area (TPSA) is 75.4 Å². The van der Waals surface area contributed by atoms with E-state index in [4.69, 9.17) is 4.52 Å². The van der Waals surface area contributed by atoms with E-state index in [0.29, 0.717) is 23.4 Å². The lowest BCUT2D eigenvalue weighted by molar-refractivity contribution is -0.117. The molecule has 0 spiro atoms. The standard InChI is InChI=1S/C16H17N3O3/c1-10-8-12(18-16(21)13-9-17-22-11(13)2)5-6-14(10)19-7-3-4-15(19)20/h5-6,8-9H,3-4,7H2,1-2H3,(H,18,21). The third kappa shape index (κ3) is 2.59. The highest BCUT2D eigenvalue weighted by Gasteiger charge is 2.23. The van der Waals surface area contributed by atoms with Gasteiger partial charge in [0.2, 0.25) is 5.91 Å². The van der Waals surface area contributed by atoms with E-state index in [1.54, 1.807) is 17.9 Å². The second-order valence-corrected chi connectivity index (χ2v) is 5.40. The smallest absolute Gasteiger partial charge is 0.260 e. The largest absolute Gasteiger partial charge is 0.361 e. The molecule has 2 heterocycles. The van der Waals surface area contributed by atoms with Crippen LogP contribution in [0.4, 0.5) is 11.4 Å². The summed E-state index contributed by atoms with van der Waals surface area (Å²) in [5.74, 6) is 0.372. The summed E-state index contributed by atoms with van der Waals surface area (Å²) in [6.45, 7) is 4.38. The van der Waals surface area contributed by atoms with Gasteiger partial charge in [-0.05, 0) is 44.0 Å². The molecule has 1 aliphatic rings. The van der Waals surface area contributed by atoms with E-state index in [0.717, 1.165) is 24.2 Å². The van der Waals surface area contributed by atoms with Crippen LogP contribution in [0.3, 0.4) is 0 Å². The minimum absolute atomic E-state index is 0.153. The second kappa shape index (κ2) is 5.63. The third-order valence-electron chi connectivity index (χ3n) is 3.81. The van der Waals surface area contributed by atoms with Gasteiger partial charge in [-0.1, -0.05) is 5.16 Å². The van der Waals surface area contributed by atoms with Crippen molar-refractivity contribution in [2.45, 2.75) is 26.7 Å². The molecule has 114 valence electrons. The van der Waals surface area contributed by atoms with Crippen molar-refractivity contribution in [3.8, 4) is 0 Å². The van der Waals surface area contributed by atoms with Crippen molar-refractivity contribution in [3.63, 3.8) is 0 Å². The fourth-order valence-electron chi connectivity index (χ4n) is 2.65. The molecule has 0 unspecified atom stereocenters. The fraction of sp³-hybridized carbons (Fsp3) is 0.312. The second-order valence-electron chi connectivity index (χ2n) is 5.40. The number of benzene rings is 1. The first-order valence-corrected chi connectivity index (χ1v) is 7.20. The van der Waals surface area contributed by atoms with E-state index in [9.17, 15) is 9.59 Å². The maximum absolute atomic E-state index is 12.1. The lowest BCUT2D eigenvalue weighted by Gasteiger charge is -2.19. The Morgan fingerprint density at radius 2 is 2.18 bits per heavy atom. The zero-order chi connectivity index (χ0) is 15.7. The van der Waals surface area contributed by atoms with Crippen molar-refractivity contribution in [3.05, 3.63) is 41.3 Å². The minimum atomic E-state index is -0.261. The number of nitrogens with one attached hydrogen (secondary N) is 1. The fourth-order valence-corrected chi connectivity index (χ4v) is 2.65. The molecule has 6 nitrogen and oxygen atoms in total. The molecule has 1 aromatic heterocycles. The zero-order valence-electron chi connectivity index (χ0n) is 12.5. The molecule has 1 N–H and O–H groups in total. The van der Waals surface area contributed by atoms with Crippen LogP contribution in [0.25, 0.3) is 0 Å². The van der Waals surface area contributed by atoms with Gasteiger partial charge < -0.3 is 14.7 Å². The number of nitrogens with zero attached hydrogens (tertiary/aromatic N) is 2. The number of amides is 2. The van der Waals surface area contributed by atoms with E-state index in [2.05, 4.69) is 10.5 Å². The number of carbonyl (C=O) groups is 2. The summed E-state index contributed by atoms with van der Waals surface area (Å²) in [5, 5.41) is 6.41. The molecule has 1 fully saturated rings. The highest BCUT2D eigenvalue weighted by Crippen LogP contribution is 2.27. The molecule has 1 aromatic carbocycles. The number of aromatic nitrogens is 1. The van der Waals surface area contributed by atoms with Crippen LogP contribution in [-0.2, 0) is 4.79 Å². The van der Waals surface area contributed by atoms with Gasteiger partial charge >= 0.3 is 0 Å². The quantitative estimate of drug-likeness (QED) is 0.945. The van der Waals surface area contributed by atoms with Crippen LogP contribution in [0.15, 0.2) is 28.9 Å². The molecule has 2 amide bonds. The molecular weight excluding hydrogens is 282 g/mol. The van der Waals surface area contributed by atoms with Gasteiger partial charge in [0.05, 0.1) is 6.20 Å². The van der Waals surface area contributed by atoms with Gasteiger partial charge in [0.15, 0.2) is 0 Å². The number of aryl methyl sites for hydroxylation is 2. The Labute approximate surface area is 128 Å². The number of hydrogen-bond donors (Lipinski definition) is 1. The van der Waals surface area contributed by atoms with Gasteiger partial charge in [0.25, 0.3) is 5.91 Å². The average Bonchev–Trinajstić information content (AvgIpc) is 3.08. The van der Waals surface area contributed by atoms with Crippen molar-refractivity contribution in [2.75, 3.05) is 16.8 Å². The van der Waals surface area contributed by atoms with Crippen molar-refractivity contribution < 1.29 is 14.1 Å². The molecule has 0 atom stereocenters. The number of anilines is 2. The summed E-state index contributed by atoms with van der Waals surface area (Å²) in [6.07, 6.45) is 2.89. The van der Waals surface area contributed by atoms with Gasteiger partial charge in [-0.25, -0.2) is 0 Å². The molecular formula is C16H17N3O3. The normalized spacial score (nSPS) is 14.5. The average molecular weight is 299 g/mol. The van der Waals surface area contributed by atoms with Crippen molar-refractivity contribution >= 4 is 23.2 Å². The first-order chi connectivity index (χ1) is 10.6. The monoisotopic (exact) mass is 299 g/mol. The Morgan fingerprint density at radius 1 is 1.36 bits per heavy atom. The summed E-state index contributed by atoms with van der Waals surface area (Å²) in [5.41, 5.74) is 2.95. The lowest BCUT2D eigenvalue weighted by Crippen LogP contribution is -2.24. The predicted octanol–water partition coefficient (Wildman–Crippen LogP) is 2.67. The van der Waals surface area contributed by atoms with E-state index < -0.39 is 0 Å². The first kappa shape index (κ1) is 14.3. The number of hydrogen-bond acceptors (Lipinski definition) is 4. The van der Waals surface area contributed by atoms with Crippen LogP contribution in [0.5, 0.6) is 0 Å². The maximum Gasteiger partial charge on any atom is 0.260 e. The molecule has 0 bridgehead atoms. The summed E-state index contributed by atoms with van der Waals surface area (Å²) >= 11 is 0. The van der Waals surface area contributed by atoms with E-state index in [1.807, 2.05) is 19.1 Å². The zero-order valence-corrected chi connectivity index (χ0v) is 12.5. The Balaban J connectivity index is 1.79. The molecule has 0 saturated carbocycles. The molecule has 3 rings (SSSR count). The van der Waals surface area contributed by atoms with Crippen LogP contribution in [0.1, 0.15) is 34.5 Å². The molecule has 2 aromatic rings. The highest BCUT2D eigenvalue weighted by molar-refractivity contribution is 6.05. The number of rotatable bonds is 3. The lowest BCUT2D eigenvalue weighted by atomic mass is 10.1. The summed E-state index contributed by atoms with van der Waals surface area (Å²) in [6, 6.07) is 5.53. The third-order valence-corrected chi connectivity index (χ3v) is 3.81. The molecule has 1 saturated heterocycles. The Bertz CT molecular complexity index is 736. The Kier molecular flexibility index (Phi) is 3.66. The van der Waals surface area contributed by atoms with Crippen LogP contribution in [0, 0.1) is 13.8 Å². The van der Waals surface area contributed by atoms with E-state index >= 15 is 0 Å². The van der Waals surface area contributed by atoms with Crippen LogP contribution in [0.2, 0.25) is 0 Å². The highest BCUT2D eigenvalue weighted by atomic mass is 16.5. The Morgan fingerprint density at radius 3 is 2.77 bits per heavy atom. The molecule has 1 aliphatic heterocycles. The van der Waals surface area contributed by atoms with Gasteiger partial charge in [-0.2, -0.15) is 0 Å². The van der Waals surface area contributed by atoms with E-state index in [1.165, 1.54) is 6.20 Å². The molecule has 0 aliphatic carbocycles. The van der Waals surface area contributed by atoms with Gasteiger partial charge in [0, 0.05) is 24.3 Å². The van der Waals surface area contributed by atoms with Gasteiger partial charge in [-0.15, -0.1) is 0 Å².